The van der Waals surface area contributed by atoms with Gasteiger partial charge in [0.1, 0.15) is 0 Å². The highest BCUT2D eigenvalue weighted by Crippen LogP contribution is 2.61. The summed E-state index contributed by atoms with van der Waals surface area (Å²) in [5.74, 6) is -106. The topological polar surface area (TPSA) is 127 Å². The van der Waals surface area contributed by atoms with Crippen LogP contribution < -0.4 is 0 Å². The largest absolute Gasteiger partial charge is 0.477 e. The lowest BCUT2D eigenvalue weighted by Crippen LogP contribution is -2.72. The second-order valence-electron chi connectivity index (χ2n) is 8.94. The van der Waals surface area contributed by atoms with E-state index in [0.717, 1.165) is 0 Å². The molecule has 0 unspecified atom stereocenters. The standard InChI is InChI=1S/C12H10F12O4.C8H2F12O4/c1-3-27-5(25)7(13,14)9(17,18)11(21,22)12(23,24)10(19,20)8(15,16)6(26)28-4-2;9-3(10,1(21)22)5(13,14)7(17,18)8(19,20)6(15,16)4(11,12)2(23)24/h3-4H2,1-2H3;(H,21,22)(H,23,24). The zero-order valence-corrected chi connectivity index (χ0v) is 23.8. The molecule has 0 radical (unpaired) electrons. The number of halogens is 24. The fourth-order valence-electron chi connectivity index (χ4n) is 2.55. The number of aliphatic carboxylic acids is 2. The second-order valence-corrected chi connectivity index (χ2v) is 8.94. The Bertz CT molecular complexity index is 1240. The third kappa shape index (κ3) is 6.99. The molecule has 0 rings (SSSR count). The number of ether oxygens (including phenoxy) is 2. The number of alkyl halides is 24. The molecule has 0 saturated carbocycles. The SMILES string of the molecule is CCOC(=O)C(F)(F)C(F)(F)C(F)(F)C(F)(F)C(F)(F)C(F)(F)C(=O)OCC.O=C(O)C(F)(F)C(F)(F)C(F)(F)C(F)(F)C(F)(F)C(F)(F)C(=O)O. The molecule has 0 saturated heterocycles. The lowest BCUT2D eigenvalue weighted by atomic mass is 9.91. The molecule has 0 fully saturated rings. The molecular formula is C20H12F24O8. The lowest BCUT2D eigenvalue weighted by Gasteiger charge is -2.39. The fraction of sp³-hybridized carbons (Fsp3) is 0.800. The van der Waals surface area contributed by atoms with Crippen LogP contribution in [-0.2, 0) is 28.7 Å². The molecule has 0 bridgehead atoms. The van der Waals surface area contributed by atoms with E-state index in [0.29, 0.717) is 13.8 Å². The van der Waals surface area contributed by atoms with Crippen molar-refractivity contribution in [3.05, 3.63) is 0 Å². The number of esters is 2. The van der Waals surface area contributed by atoms with Crippen molar-refractivity contribution in [2.45, 2.75) is 84.9 Å². The second kappa shape index (κ2) is 14.2. The molecule has 52 heavy (non-hydrogen) atoms. The van der Waals surface area contributed by atoms with E-state index in [1.54, 1.807) is 0 Å². The predicted octanol–water partition coefficient (Wildman–Crippen LogP) is 6.89. The first-order chi connectivity index (χ1) is 22.3. The van der Waals surface area contributed by atoms with E-state index in [1.807, 2.05) is 0 Å². The van der Waals surface area contributed by atoms with Crippen LogP contribution in [0, 0.1) is 0 Å². The van der Waals surface area contributed by atoms with E-state index in [4.69, 9.17) is 10.2 Å². The summed E-state index contributed by atoms with van der Waals surface area (Å²) in [6.07, 6.45) is 0. The van der Waals surface area contributed by atoms with Crippen molar-refractivity contribution < 1.29 is 144 Å². The van der Waals surface area contributed by atoms with Gasteiger partial charge >= 0.3 is 94.9 Å². The van der Waals surface area contributed by atoms with E-state index < -0.39 is 108 Å². The van der Waals surface area contributed by atoms with Crippen molar-refractivity contribution in [2.75, 3.05) is 13.2 Å². The van der Waals surface area contributed by atoms with Crippen molar-refractivity contribution in [1.82, 2.24) is 0 Å². The van der Waals surface area contributed by atoms with Crippen molar-refractivity contribution >= 4 is 23.9 Å². The minimum Gasteiger partial charge on any atom is -0.477 e. The van der Waals surface area contributed by atoms with Crippen molar-refractivity contribution in [3.8, 4) is 0 Å². The van der Waals surface area contributed by atoms with Crippen LogP contribution in [0.1, 0.15) is 13.8 Å². The molecule has 0 aliphatic carbocycles. The van der Waals surface area contributed by atoms with Gasteiger partial charge in [0.15, 0.2) is 0 Å². The summed E-state index contributed by atoms with van der Waals surface area (Å²) in [5.41, 5.74) is 0. The van der Waals surface area contributed by atoms with E-state index in [-0.39, 0.29) is 0 Å². The van der Waals surface area contributed by atoms with Gasteiger partial charge in [-0.2, -0.15) is 105 Å². The van der Waals surface area contributed by atoms with Gasteiger partial charge in [-0.15, -0.1) is 0 Å². The Morgan fingerprint density at radius 2 is 0.500 bits per heavy atom. The summed E-state index contributed by atoms with van der Waals surface area (Å²) >= 11 is 0. The molecule has 0 aromatic heterocycles. The first-order valence-electron chi connectivity index (χ1n) is 11.7. The molecule has 308 valence electrons. The zero-order chi connectivity index (χ0) is 43.1. The maximum absolute atomic E-state index is 13.4. The third-order valence-electron chi connectivity index (χ3n) is 5.54. The quantitative estimate of drug-likeness (QED) is 0.127. The van der Waals surface area contributed by atoms with Gasteiger partial charge < -0.3 is 19.7 Å². The van der Waals surface area contributed by atoms with Crippen LogP contribution in [0.4, 0.5) is 105 Å². The van der Waals surface area contributed by atoms with Gasteiger partial charge in [-0.3, -0.25) is 0 Å². The average Bonchev–Trinajstić information content (AvgIpc) is 2.96. The van der Waals surface area contributed by atoms with Gasteiger partial charge in [0.25, 0.3) is 0 Å². The number of carbonyl (C=O) groups excluding carboxylic acids is 2. The van der Waals surface area contributed by atoms with Crippen molar-refractivity contribution in [2.24, 2.45) is 0 Å². The Hall–Kier alpha value is -3.80. The molecule has 0 aliphatic heterocycles. The highest BCUT2D eigenvalue weighted by Gasteiger charge is 2.94. The van der Waals surface area contributed by atoms with Crippen LogP contribution in [0.5, 0.6) is 0 Å². The van der Waals surface area contributed by atoms with Gasteiger partial charge in [0, 0.05) is 0 Å². The summed E-state index contributed by atoms with van der Waals surface area (Å²) in [5, 5.41) is 15.2. The third-order valence-corrected chi connectivity index (χ3v) is 5.54. The van der Waals surface area contributed by atoms with E-state index in [1.165, 1.54) is 0 Å². The molecule has 0 heterocycles. The van der Waals surface area contributed by atoms with Crippen LogP contribution in [0.25, 0.3) is 0 Å². The highest BCUT2D eigenvalue weighted by molar-refractivity contribution is 5.80. The number of hydrogen-bond acceptors (Lipinski definition) is 6. The summed E-state index contributed by atoms with van der Waals surface area (Å²) in [6.45, 7) is -0.896. The van der Waals surface area contributed by atoms with Gasteiger partial charge in [0.2, 0.25) is 0 Å². The number of carboxylic acids is 2. The first kappa shape index (κ1) is 50.3. The number of rotatable bonds is 16. The van der Waals surface area contributed by atoms with Gasteiger partial charge in [-0.1, -0.05) is 0 Å². The Labute approximate surface area is 267 Å². The molecule has 32 heteroatoms. The Morgan fingerprint density at radius 1 is 0.346 bits per heavy atom. The minimum atomic E-state index is -8.11. The molecular weight excluding hydrogens is 824 g/mol. The number of hydrogen-bond donors (Lipinski definition) is 2. The Balaban J connectivity index is 0. The van der Waals surface area contributed by atoms with Crippen LogP contribution in [0.15, 0.2) is 0 Å². The molecule has 8 nitrogen and oxygen atoms in total. The van der Waals surface area contributed by atoms with Crippen LogP contribution in [0.2, 0.25) is 0 Å². The maximum atomic E-state index is 13.4. The van der Waals surface area contributed by atoms with Crippen LogP contribution in [-0.4, -0.2) is 118 Å². The van der Waals surface area contributed by atoms with Gasteiger partial charge in [-0.25, -0.2) is 19.2 Å². The van der Waals surface area contributed by atoms with Gasteiger partial charge in [-0.05, 0) is 13.8 Å². The summed E-state index contributed by atoms with van der Waals surface area (Å²) < 4.78 is 319. The molecule has 2 N–H and O–H groups in total. The molecule has 0 aromatic rings. The normalized spacial score (nSPS) is 15.0. The molecule has 0 spiro atoms. The molecule has 0 aliphatic rings. The van der Waals surface area contributed by atoms with Crippen molar-refractivity contribution in [3.63, 3.8) is 0 Å². The molecule has 0 atom stereocenters. The van der Waals surface area contributed by atoms with Crippen LogP contribution in [0.3, 0.4) is 0 Å². The van der Waals surface area contributed by atoms with E-state index in [2.05, 4.69) is 9.47 Å². The lowest BCUT2D eigenvalue weighted by molar-refractivity contribution is -0.417. The molecule has 0 aromatic carbocycles. The Kier molecular flexibility index (Phi) is 13.7. The molecule has 0 amide bonds. The van der Waals surface area contributed by atoms with E-state index in [9.17, 15) is 125 Å². The van der Waals surface area contributed by atoms with Gasteiger partial charge in [0.05, 0.1) is 13.2 Å². The summed E-state index contributed by atoms with van der Waals surface area (Å²) in [7, 11) is 0. The van der Waals surface area contributed by atoms with Crippen molar-refractivity contribution in [1.29, 1.82) is 0 Å². The smallest absolute Gasteiger partial charge is 0.410 e. The van der Waals surface area contributed by atoms with E-state index >= 15 is 0 Å². The summed E-state index contributed by atoms with van der Waals surface area (Å²) in [4.78, 5) is 40.9. The monoisotopic (exact) mass is 836 g/mol. The fourth-order valence-corrected chi connectivity index (χ4v) is 2.55. The minimum absolute atomic E-state index is 0.701. The zero-order valence-electron chi connectivity index (χ0n) is 23.8. The summed E-state index contributed by atoms with van der Waals surface area (Å²) in [6, 6.07) is 0. The highest BCUT2D eigenvalue weighted by atomic mass is 19.4. The Morgan fingerprint density at radius 3 is 0.635 bits per heavy atom. The maximum Gasteiger partial charge on any atom is 0.410 e. The number of carbonyl (C=O) groups is 4. The first-order valence-corrected chi connectivity index (χ1v) is 11.7. The average molecular weight is 836 g/mol. The predicted molar refractivity (Wildman–Crippen MR) is 108 cm³/mol. The van der Waals surface area contributed by atoms with Crippen LogP contribution >= 0.6 is 0 Å². The number of carboxylic acid groups (broad SMARTS) is 2.